The van der Waals surface area contributed by atoms with Gasteiger partial charge in [-0.25, -0.2) is 13.4 Å². The van der Waals surface area contributed by atoms with Gasteiger partial charge in [-0.05, 0) is 78.0 Å². The van der Waals surface area contributed by atoms with E-state index in [1.54, 1.807) is 26.8 Å². The molecular weight excluding hydrogens is 412 g/mol. The van der Waals surface area contributed by atoms with Crippen molar-refractivity contribution < 1.29 is 8.42 Å². The molecule has 3 aromatic rings. The number of hydrogen-bond donors (Lipinski definition) is 2. The van der Waals surface area contributed by atoms with Crippen molar-refractivity contribution in [2.24, 2.45) is 0 Å². The number of benzene rings is 1. The van der Waals surface area contributed by atoms with Gasteiger partial charge >= 0.3 is 0 Å². The van der Waals surface area contributed by atoms with Gasteiger partial charge in [-0.15, -0.1) is 0 Å². The molecule has 4 rings (SSSR count). The van der Waals surface area contributed by atoms with Crippen LogP contribution in [0.2, 0.25) is 0 Å². The van der Waals surface area contributed by atoms with E-state index >= 15 is 0 Å². The first-order valence-electron chi connectivity index (χ1n) is 10.5. The minimum atomic E-state index is -3.50. The Morgan fingerprint density at radius 2 is 1.87 bits per heavy atom. The van der Waals surface area contributed by atoms with E-state index in [0.29, 0.717) is 17.7 Å². The minimum absolute atomic E-state index is 0.368. The van der Waals surface area contributed by atoms with Gasteiger partial charge in [-0.3, -0.25) is 4.72 Å². The molecule has 0 bridgehead atoms. The van der Waals surface area contributed by atoms with Crippen LogP contribution in [0.4, 0.5) is 11.6 Å². The standard InChI is InChI=1S/C22H30N6O2S/c1-22(2,3)31(29,30)26-18-6-5-7-19(14-18)28-13-8-16-15-23-21(25-20(16)28)24-17-9-11-27(4)12-10-17/h5-8,13-15,17,26H,9-12H2,1-4H3,(H,23,24,25). The zero-order valence-electron chi connectivity index (χ0n) is 18.5. The molecule has 0 radical (unpaired) electrons. The van der Waals surface area contributed by atoms with Crippen molar-refractivity contribution in [1.82, 2.24) is 19.4 Å². The second-order valence-electron chi connectivity index (χ2n) is 9.15. The first-order valence-corrected chi connectivity index (χ1v) is 12.0. The van der Waals surface area contributed by atoms with Crippen molar-refractivity contribution in [1.29, 1.82) is 0 Å². The van der Waals surface area contributed by atoms with Crippen LogP contribution in [-0.2, 0) is 10.0 Å². The van der Waals surface area contributed by atoms with Crippen molar-refractivity contribution in [3.63, 3.8) is 0 Å². The van der Waals surface area contributed by atoms with Crippen LogP contribution in [-0.4, -0.2) is 58.8 Å². The zero-order valence-corrected chi connectivity index (χ0v) is 19.3. The Kier molecular flexibility index (Phi) is 5.65. The molecular formula is C22H30N6O2S. The van der Waals surface area contributed by atoms with Gasteiger partial charge in [0.15, 0.2) is 0 Å². The summed E-state index contributed by atoms with van der Waals surface area (Å²) in [7, 11) is -1.36. The Hall–Kier alpha value is -2.65. The lowest BCUT2D eigenvalue weighted by Crippen LogP contribution is -2.37. The monoisotopic (exact) mass is 442 g/mol. The van der Waals surface area contributed by atoms with Crippen LogP contribution in [0, 0.1) is 0 Å². The van der Waals surface area contributed by atoms with Crippen LogP contribution in [0.25, 0.3) is 16.7 Å². The fraction of sp³-hybridized carbons (Fsp3) is 0.455. The highest BCUT2D eigenvalue weighted by Gasteiger charge is 2.29. The summed E-state index contributed by atoms with van der Waals surface area (Å²) >= 11 is 0. The van der Waals surface area contributed by atoms with E-state index in [9.17, 15) is 8.42 Å². The molecule has 1 fully saturated rings. The van der Waals surface area contributed by atoms with Gasteiger partial charge in [0.05, 0.1) is 10.4 Å². The van der Waals surface area contributed by atoms with E-state index in [0.717, 1.165) is 42.7 Å². The van der Waals surface area contributed by atoms with Gasteiger partial charge in [-0.1, -0.05) is 6.07 Å². The number of nitrogens with one attached hydrogen (secondary N) is 2. The van der Waals surface area contributed by atoms with Crippen LogP contribution in [0.1, 0.15) is 33.6 Å². The van der Waals surface area contributed by atoms with E-state index in [-0.39, 0.29) is 0 Å². The Morgan fingerprint density at radius 1 is 1.13 bits per heavy atom. The lowest BCUT2D eigenvalue weighted by atomic mass is 10.1. The van der Waals surface area contributed by atoms with E-state index in [4.69, 9.17) is 4.98 Å². The largest absolute Gasteiger partial charge is 0.351 e. The van der Waals surface area contributed by atoms with Crippen LogP contribution in [0.15, 0.2) is 42.7 Å². The molecule has 1 aliphatic heterocycles. The maximum atomic E-state index is 12.5. The Morgan fingerprint density at radius 3 is 2.58 bits per heavy atom. The summed E-state index contributed by atoms with van der Waals surface area (Å²) in [5, 5.41) is 4.39. The van der Waals surface area contributed by atoms with Gasteiger partial charge in [0.25, 0.3) is 0 Å². The van der Waals surface area contributed by atoms with Gasteiger partial charge in [0, 0.05) is 29.5 Å². The summed E-state index contributed by atoms with van der Waals surface area (Å²) in [6.45, 7) is 7.15. The molecule has 3 heterocycles. The number of hydrogen-bond acceptors (Lipinski definition) is 6. The lowest BCUT2D eigenvalue weighted by Gasteiger charge is -2.29. The molecule has 31 heavy (non-hydrogen) atoms. The molecule has 0 atom stereocenters. The molecule has 1 aliphatic rings. The SMILES string of the molecule is CN1CCC(Nc2ncc3ccn(-c4cccc(NS(=O)(=O)C(C)(C)C)c4)c3n2)CC1. The molecule has 9 heteroatoms. The quantitative estimate of drug-likeness (QED) is 0.629. The average molecular weight is 443 g/mol. The van der Waals surface area contributed by atoms with Crippen molar-refractivity contribution in [2.45, 2.75) is 44.4 Å². The zero-order chi connectivity index (χ0) is 22.2. The lowest BCUT2D eigenvalue weighted by molar-refractivity contribution is 0.263. The number of sulfonamides is 1. The predicted octanol–water partition coefficient (Wildman–Crippen LogP) is 3.47. The molecule has 166 valence electrons. The highest BCUT2D eigenvalue weighted by molar-refractivity contribution is 7.94. The van der Waals surface area contributed by atoms with Gasteiger partial charge in [0.2, 0.25) is 16.0 Å². The van der Waals surface area contributed by atoms with Crippen LogP contribution in [0.5, 0.6) is 0 Å². The Balaban J connectivity index is 1.61. The maximum Gasteiger partial charge on any atom is 0.237 e. The van der Waals surface area contributed by atoms with Crippen molar-refractivity contribution in [3.8, 4) is 5.69 Å². The first-order chi connectivity index (χ1) is 14.6. The summed E-state index contributed by atoms with van der Waals surface area (Å²) in [5.41, 5.74) is 2.13. The molecule has 0 saturated carbocycles. The fourth-order valence-corrected chi connectivity index (χ4v) is 4.30. The third-order valence-electron chi connectivity index (χ3n) is 5.66. The van der Waals surface area contributed by atoms with E-state index in [1.165, 1.54) is 0 Å². The van der Waals surface area contributed by atoms with Crippen molar-refractivity contribution in [3.05, 3.63) is 42.7 Å². The third kappa shape index (κ3) is 4.67. The fourth-order valence-electron chi connectivity index (χ4n) is 3.56. The second-order valence-corrected chi connectivity index (χ2v) is 11.6. The molecule has 2 N–H and O–H groups in total. The number of fused-ring (bicyclic) bond motifs is 1. The van der Waals surface area contributed by atoms with E-state index < -0.39 is 14.8 Å². The summed E-state index contributed by atoms with van der Waals surface area (Å²) in [6.07, 6.45) is 5.88. The van der Waals surface area contributed by atoms with Gasteiger partial charge in [0.1, 0.15) is 5.65 Å². The number of piperidine rings is 1. The van der Waals surface area contributed by atoms with Crippen LogP contribution < -0.4 is 10.0 Å². The molecule has 1 aromatic carbocycles. The number of anilines is 2. The van der Waals surface area contributed by atoms with Gasteiger partial charge < -0.3 is 14.8 Å². The molecule has 0 amide bonds. The average Bonchev–Trinajstić information content (AvgIpc) is 3.12. The summed E-state index contributed by atoms with van der Waals surface area (Å²) in [5.74, 6) is 0.617. The maximum absolute atomic E-state index is 12.5. The van der Waals surface area contributed by atoms with E-state index in [2.05, 4.69) is 27.0 Å². The summed E-state index contributed by atoms with van der Waals surface area (Å²) < 4.78 is 28.8. The summed E-state index contributed by atoms with van der Waals surface area (Å²) in [6, 6.07) is 9.66. The number of nitrogens with zero attached hydrogens (tertiary/aromatic N) is 4. The second kappa shape index (κ2) is 8.12. The third-order valence-corrected chi connectivity index (χ3v) is 7.78. The highest BCUT2D eigenvalue weighted by atomic mass is 32.2. The van der Waals surface area contributed by atoms with Crippen molar-refractivity contribution in [2.75, 3.05) is 30.2 Å². The minimum Gasteiger partial charge on any atom is -0.351 e. The molecule has 0 aliphatic carbocycles. The molecule has 2 aromatic heterocycles. The molecule has 0 unspecified atom stereocenters. The Bertz CT molecular complexity index is 1170. The van der Waals surface area contributed by atoms with Gasteiger partial charge in [-0.2, -0.15) is 4.98 Å². The van der Waals surface area contributed by atoms with Crippen molar-refractivity contribution >= 4 is 32.7 Å². The number of likely N-dealkylation sites (tertiary alicyclic amines) is 1. The number of rotatable bonds is 5. The highest BCUT2D eigenvalue weighted by Crippen LogP contribution is 2.25. The normalized spacial score (nSPS) is 16.5. The van der Waals surface area contributed by atoms with Crippen LogP contribution >= 0.6 is 0 Å². The molecule has 8 nitrogen and oxygen atoms in total. The smallest absolute Gasteiger partial charge is 0.237 e. The Labute approximate surface area is 183 Å². The number of aromatic nitrogens is 3. The summed E-state index contributed by atoms with van der Waals surface area (Å²) in [4.78, 5) is 11.6. The first kappa shape index (κ1) is 21.6. The molecule has 1 saturated heterocycles. The topological polar surface area (TPSA) is 92.2 Å². The molecule has 0 spiro atoms. The van der Waals surface area contributed by atoms with E-state index in [1.807, 2.05) is 41.2 Å². The predicted molar refractivity (Wildman–Crippen MR) is 125 cm³/mol. The van der Waals surface area contributed by atoms with Crippen LogP contribution in [0.3, 0.4) is 0 Å².